The Morgan fingerprint density at radius 3 is 2.27 bits per heavy atom. The molecule has 2 N–H and O–H groups in total. The van der Waals surface area contributed by atoms with E-state index in [4.69, 9.17) is 10.2 Å². The predicted molar refractivity (Wildman–Crippen MR) is 36.1 cm³/mol. The number of aliphatic hydroxyl groups excluding tert-OH is 1. The standard InChI is InChI=1S/C7H8O4/c8-5-3-1-2-4(5)6(9)7(10)11/h9H,1-3H2,(H,10,11)/b6-4+. The van der Waals surface area contributed by atoms with Crippen LogP contribution in [0, 0.1) is 0 Å². The second-order valence-corrected chi connectivity index (χ2v) is 2.41. The Morgan fingerprint density at radius 1 is 1.27 bits per heavy atom. The Hall–Kier alpha value is -1.32. The number of hydrogen-bond acceptors (Lipinski definition) is 3. The Labute approximate surface area is 63.1 Å². The maximum absolute atomic E-state index is 10.8. The lowest BCUT2D eigenvalue weighted by Gasteiger charge is -1.95. The molecule has 1 saturated carbocycles. The summed E-state index contributed by atoms with van der Waals surface area (Å²) in [6.07, 6.45) is 1.38. The topological polar surface area (TPSA) is 74.6 Å². The van der Waals surface area contributed by atoms with Crippen molar-refractivity contribution in [2.45, 2.75) is 19.3 Å². The molecule has 11 heavy (non-hydrogen) atoms. The van der Waals surface area contributed by atoms with Crippen LogP contribution in [0.2, 0.25) is 0 Å². The molecule has 0 atom stereocenters. The number of aliphatic carboxylic acids is 1. The molecule has 1 rings (SSSR count). The number of Topliss-reactive ketones (excluding diaryl/α,β-unsaturated/α-hetero) is 1. The first-order valence-electron chi connectivity index (χ1n) is 3.31. The minimum atomic E-state index is -1.42. The molecule has 1 fully saturated rings. The van der Waals surface area contributed by atoms with E-state index < -0.39 is 11.7 Å². The average molecular weight is 156 g/mol. The Kier molecular flexibility index (Phi) is 1.94. The van der Waals surface area contributed by atoms with Gasteiger partial charge in [0.2, 0.25) is 5.76 Å². The van der Waals surface area contributed by atoms with Gasteiger partial charge in [-0.2, -0.15) is 0 Å². The van der Waals surface area contributed by atoms with Gasteiger partial charge >= 0.3 is 5.97 Å². The number of aliphatic hydroxyl groups is 1. The minimum absolute atomic E-state index is 0.0671. The van der Waals surface area contributed by atoms with E-state index in [9.17, 15) is 9.59 Å². The summed E-state index contributed by atoms with van der Waals surface area (Å²) >= 11 is 0. The molecule has 60 valence electrons. The molecule has 1 aliphatic rings. The second-order valence-electron chi connectivity index (χ2n) is 2.41. The van der Waals surface area contributed by atoms with Gasteiger partial charge in [-0.25, -0.2) is 4.79 Å². The summed E-state index contributed by atoms with van der Waals surface area (Å²) in [6.45, 7) is 0. The van der Waals surface area contributed by atoms with Gasteiger partial charge in [0.1, 0.15) is 0 Å². The number of carboxylic acid groups (broad SMARTS) is 1. The normalized spacial score (nSPS) is 22.0. The highest BCUT2D eigenvalue weighted by Gasteiger charge is 2.24. The van der Waals surface area contributed by atoms with Gasteiger partial charge in [-0.3, -0.25) is 4.79 Å². The second kappa shape index (κ2) is 2.74. The van der Waals surface area contributed by atoms with Crippen molar-refractivity contribution < 1.29 is 19.8 Å². The van der Waals surface area contributed by atoms with Gasteiger partial charge < -0.3 is 10.2 Å². The number of carbonyl (C=O) groups excluding carboxylic acids is 1. The number of carboxylic acids is 1. The highest BCUT2D eigenvalue weighted by Crippen LogP contribution is 2.22. The van der Waals surface area contributed by atoms with Crippen molar-refractivity contribution in [1.82, 2.24) is 0 Å². The van der Waals surface area contributed by atoms with Crippen LogP contribution in [0.15, 0.2) is 11.3 Å². The molecule has 0 heterocycles. The third-order valence-electron chi connectivity index (χ3n) is 1.66. The quantitative estimate of drug-likeness (QED) is 0.431. The van der Waals surface area contributed by atoms with Crippen LogP contribution in [0.3, 0.4) is 0 Å². The van der Waals surface area contributed by atoms with Crippen LogP contribution in [0.5, 0.6) is 0 Å². The van der Waals surface area contributed by atoms with Crippen LogP contribution in [0.1, 0.15) is 19.3 Å². The molecule has 0 aromatic carbocycles. The number of hydrogen-bond donors (Lipinski definition) is 2. The molecule has 0 amide bonds. The number of ketones is 1. The molecular formula is C7H8O4. The molecule has 0 aromatic rings. The molecule has 1 aliphatic carbocycles. The van der Waals surface area contributed by atoms with Crippen molar-refractivity contribution >= 4 is 11.8 Å². The van der Waals surface area contributed by atoms with Crippen LogP contribution in [-0.2, 0) is 9.59 Å². The highest BCUT2D eigenvalue weighted by atomic mass is 16.4. The molecule has 0 unspecified atom stereocenters. The zero-order valence-corrected chi connectivity index (χ0v) is 5.83. The first-order valence-corrected chi connectivity index (χ1v) is 3.31. The summed E-state index contributed by atoms with van der Waals surface area (Å²) in [4.78, 5) is 21.0. The van der Waals surface area contributed by atoms with E-state index in [-0.39, 0.29) is 11.4 Å². The molecule has 0 aliphatic heterocycles. The summed E-state index contributed by atoms with van der Waals surface area (Å²) in [5.74, 6) is -2.45. The first kappa shape index (κ1) is 7.78. The third kappa shape index (κ3) is 1.39. The first-order chi connectivity index (χ1) is 5.13. The summed E-state index contributed by atoms with van der Waals surface area (Å²) in [5.41, 5.74) is 0.0671. The van der Waals surface area contributed by atoms with Gasteiger partial charge in [0.05, 0.1) is 0 Å². The van der Waals surface area contributed by atoms with Crippen molar-refractivity contribution in [3.8, 4) is 0 Å². The zero-order chi connectivity index (χ0) is 8.43. The molecule has 0 spiro atoms. The monoisotopic (exact) mass is 156 g/mol. The maximum Gasteiger partial charge on any atom is 0.371 e. The van der Waals surface area contributed by atoms with E-state index in [1.54, 1.807) is 0 Å². The molecular weight excluding hydrogens is 148 g/mol. The van der Waals surface area contributed by atoms with Crippen LogP contribution in [-0.4, -0.2) is 22.0 Å². The van der Waals surface area contributed by atoms with Crippen molar-refractivity contribution in [2.24, 2.45) is 0 Å². The molecule has 4 heteroatoms. The average Bonchev–Trinajstić information content (AvgIpc) is 2.33. The van der Waals surface area contributed by atoms with Gasteiger partial charge in [0.15, 0.2) is 5.78 Å². The summed E-state index contributed by atoms with van der Waals surface area (Å²) < 4.78 is 0. The maximum atomic E-state index is 10.8. The van der Waals surface area contributed by atoms with Crippen molar-refractivity contribution in [1.29, 1.82) is 0 Å². The molecule has 0 aromatic heterocycles. The van der Waals surface area contributed by atoms with Crippen molar-refractivity contribution in [2.75, 3.05) is 0 Å². The van der Waals surface area contributed by atoms with Gasteiger partial charge in [-0.1, -0.05) is 0 Å². The lowest BCUT2D eigenvalue weighted by Crippen LogP contribution is -2.06. The Bertz CT molecular complexity index is 239. The summed E-state index contributed by atoms with van der Waals surface area (Å²) in [5, 5.41) is 17.2. The van der Waals surface area contributed by atoms with E-state index in [1.807, 2.05) is 0 Å². The lowest BCUT2D eigenvalue weighted by molar-refractivity contribution is -0.136. The van der Waals surface area contributed by atoms with Crippen LogP contribution in [0.25, 0.3) is 0 Å². The minimum Gasteiger partial charge on any atom is -0.502 e. The fourth-order valence-electron chi connectivity index (χ4n) is 1.10. The van der Waals surface area contributed by atoms with Gasteiger partial charge in [0.25, 0.3) is 0 Å². The number of rotatable bonds is 1. The SMILES string of the molecule is O=C(O)/C(O)=C1/CCCC1=O. The Morgan fingerprint density at radius 2 is 1.91 bits per heavy atom. The van der Waals surface area contributed by atoms with Crippen molar-refractivity contribution in [3.63, 3.8) is 0 Å². The fourth-order valence-corrected chi connectivity index (χ4v) is 1.10. The van der Waals surface area contributed by atoms with Crippen LogP contribution >= 0.6 is 0 Å². The third-order valence-corrected chi connectivity index (χ3v) is 1.66. The summed E-state index contributed by atoms with van der Waals surface area (Å²) in [6, 6.07) is 0. The molecule has 0 bridgehead atoms. The zero-order valence-electron chi connectivity index (χ0n) is 5.83. The Balaban J connectivity index is 2.94. The van der Waals surface area contributed by atoms with Crippen LogP contribution < -0.4 is 0 Å². The van der Waals surface area contributed by atoms with E-state index in [2.05, 4.69) is 0 Å². The van der Waals surface area contributed by atoms with Crippen LogP contribution in [0.4, 0.5) is 0 Å². The van der Waals surface area contributed by atoms with Crippen molar-refractivity contribution in [3.05, 3.63) is 11.3 Å². The van der Waals surface area contributed by atoms with E-state index in [0.29, 0.717) is 19.3 Å². The van der Waals surface area contributed by atoms with Gasteiger partial charge in [-0.15, -0.1) is 0 Å². The molecule has 0 saturated heterocycles. The number of carbonyl (C=O) groups is 2. The predicted octanol–water partition coefficient (Wildman–Crippen LogP) is 0.636. The number of allylic oxidation sites excluding steroid dienone is 1. The van der Waals surface area contributed by atoms with Gasteiger partial charge in [0, 0.05) is 12.0 Å². The molecule has 4 nitrogen and oxygen atoms in total. The van der Waals surface area contributed by atoms with E-state index in [0.717, 1.165) is 0 Å². The van der Waals surface area contributed by atoms with E-state index in [1.165, 1.54) is 0 Å². The van der Waals surface area contributed by atoms with E-state index >= 15 is 0 Å². The highest BCUT2D eigenvalue weighted by molar-refractivity contribution is 6.03. The smallest absolute Gasteiger partial charge is 0.371 e. The molecule has 0 radical (unpaired) electrons. The fraction of sp³-hybridized carbons (Fsp3) is 0.429. The largest absolute Gasteiger partial charge is 0.502 e. The lowest BCUT2D eigenvalue weighted by atomic mass is 10.2. The van der Waals surface area contributed by atoms with Gasteiger partial charge in [-0.05, 0) is 12.8 Å². The summed E-state index contributed by atoms with van der Waals surface area (Å²) in [7, 11) is 0.